The van der Waals surface area contributed by atoms with E-state index in [0.717, 1.165) is 48.7 Å². The molecule has 3 aromatic rings. The molecule has 0 radical (unpaired) electrons. The van der Waals surface area contributed by atoms with Crippen LogP contribution in [0.15, 0.2) is 48.6 Å². The van der Waals surface area contributed by atoms with E-state index in [4.69, 9.17) is 22.3 Å². The molecule has 0 atom stereocenters. The molecule has 2 aromatic carbocycles. The van der Waals surface area contributed by atoms with Crippen molar-refractivity contribution >= 4 is 23.1 Å². The predicted molar refractivity (Wildman–Crippen MR) is 154 cm³/mol. The lowest BCUT2D eigenvalue weighted by Crippen LogP contribution is -2.39. The highest BCUT2D eigenvalue weighted by atomic mass is 15.3. The van der Waals surface area contributed by atoms with Crippen molar-refractivity contribution < 1.29 is 0 Å². The van der Waals surface area contributed by atoms with Crippen LogP contribution in [0, 0.1) is 24.7 Å². The van der Waals surface area contributed by atoms with Crippen LogP contribution in [0.4, 0.5) is 0 Å². The number of aryl methyl sites for hydroxylation is 2. The normalized spacial score (nSPS) is 15.8. The molecule has 0 saturated carbocycles. The average Bonchev–Trinajstić information content (AvgIpc) is 3.30. The lowest BCUT2D eigenvalue weighted by atomic mass is 9.94. The maximum Gasteiger partial charge on any atom is 0.188 e. The summed E-state index contributed by atoms with van der Waals surface area (Å²) >= 11 is 0. The highest BCUT2D eigenvalue weighted by molar-refractivity contribution is 5.79. The van der Waals surface area contributed by atoms with Gasteiger partial charge >= 0.3 is 0 Å². The fourth-order valence-electron chi connectivity index (χ4n) is 5.42. The monoisotopic (exact) mass is 509 g/mol. The zero-order valence-electron chi connectivity index (χ0n) is 22.3. The largest absolute Gasteiger partial charge is 0.370 e. The van der Waals surface area contributed by atoms with Gasteiger partial charge in [-0.1, -0.05) is 36.4 Å². The van der Waals surface area contributed by atoms with Crippen molar-refractivity contribution in [1.82, 2.24) is 24.6 Å². The van der Waals surface area contributed by atoms with Crippen LogP contribution in [0.5, 0.6) is 0 Å². The molecule has 0 saturated heterocycles. The summed E-state index contributed by atoms with van der Waals surface area (Å²) in [4.78, 5) is 3.74. The molecule has 0 fully saturated rings. The molecule has 0 aliphatic carbocycles. The number of rotatable bonds is 4. The minimum absolute atomic E-state index is 0.127. The van der Waals surface area contributed by atoms with Crippen LogP contribution in [-0.2, 0) is 7.05 Å². The van der Waals surface area contributed by atoms with Gasteiger partial charge in [0, 0.05) is 44.4 Å². The van der Waals surface area contributed by atoms with Gasteiger partial charge in [0.2, 0.25) is 0 Å². The minimum Gasteiger partial charge on any atom is -0.370 e. The molecule has 9 nitrogen and oxygen atoms in total. The molecule has 0 amide bonds. The smallest absolute Gasteiger partial charge is 0.188 e. The Morgan fingerprint density at radius 1 is 0.737 bits per heavy atom. The standard InChI is InChI=1S/C29H35N9/c1-18-16-22(4-6-24(18)20-8-12-37(13-9-20)28(30)31)26-34-35-27(36(26)3)23-5-7-25(19(2)17-23)21-10-14-38(15-11-21)29(32)33/h4-8,10,16-17H,9,11-15H2,1-3H3,(H3,30,31)(H3,32,33). The summed E-state index contributed by atoms with van der Waals surface area (Å²) < 4.78 is 2.05. The Kier molecular flexibility index (Phi) is 6.75. The zero-order valence-corrected chi connectivity index (χ0v) is 22.3. The summed E-state index contributed by atoms with van der Waals surface area (Å²) in [5.41, 5.74) is 20.8. The highest BCUT2D eigenvalue weighted by Gasteiger charge is 2.19. The summed E-state index contributed by atoms with van der Waals surface area (Å²) in [5.74, 6) is 1.91. The number of guanidine groups is 2. The van der Waals surface area contributed by atoms with Crippen molar-refractivity contribution in [1.29, 1.82) is 10.8 Å². The fraction of sp³-hybridized carbons (Fsp3) is 0.310. The van der Waals surface area contributed by atoms with E-state index >= 15 is 0 Å². The molecule has 9 heteroatoms. The lowest BCUT2D eigenvalue weighted by Gasteiger charge is -2.27. The van der Waals surface area contributed by atoms with E-state index in [2.05, 4.69) is 77.2 Å². The van der Waals surface area contributed by atoms with Gasteiger partial charge in [0.05, 0.1) is 0 Å². The highest BCUT2D eigenvalue weighted by Crippen LogP contribution is 2.32. The van der Waals surface area contributed by atoms with E-state index in [0.29, 0.717) is 13.1 Å². The molecule has 0 unspecified atom stereocenters. The van der Waals surface area contributed by atoms with Crippen molar-refractivity contribution in [3.8, 4) is 22.8 Å². The second kappa shape index (κ2) is 10.2. The second-order valence-electron chi connectivity index (χ2n) is 10.1. The zero-order chi connectivity index (χ0) is 27.0. The Bertz CT molecular complexity index is 1370. The van der Waals surface area contributed by atoms with Crippen LogP contribution in [-0.4, -0.2) is 62.7 Å². The Morgan fingerprint density at radius 2 is 1.16 bits per heavy atom. The number of hydrogen-bond acceptors (Lipinski definition) is 4. The van der Waals surface area contributed by atoms with Gasteiger partial charge in [0.15, 0.2) is 23.6 Å². The number of hydrogen-bond donors (Lipinski definition) is 4. The molecule has 3 heterocycles. The number of nitrogens with zero attached hydrogens (tertiary/aromatic N) is 5. The van der Waals surface area contributed by atoms with Gasteiger partial charge in [-0.2, -0.15) is 0 Å². The Hall–Kier alpha value is -4.40. The maximum absolute atomic E-state index is 7.64. The SMILES string of the molecule is Cc1cc(-c2nnc(-c3ccc(C4=CCN(C(=N)N)CC4)c(C)c3)n2C)ccc1C1=CCN(C(=N)N)CC1. The molecule has 1 aromatic heterocycles. The van der Waals surface area contributed by atoms with E-state index in [1.807, 2.05) is 16.8 Å². The Balaban J connectivity index is 1.37. The van der Waals surface area contributed by atoms with E-state index in [9.17, 15) is 0 Å². The third kappa shape index (κ3) is 4.79. The maximum atomic E-state index is 7.64. The third-order valence-electron chi connectivity index (χ3n) is 7.64. The molecule has 2 aliphatic heterocycles. The first kappa shape index (κ1) is 25.3. The van der Waals surface area contributed by atoms with Gasteiger partial charge in [-0.3, -0.25) is 10.8 Å². The van der Waals surface area contributed by atoms with Gasteiger partial charge < -0.3 is 25.8 Å². The van der Waals surface area contributed by atoms with Gasteiger partial charge in [-0.25, -0.2) is 0 Å². The molecule has 6 N–H and O–H groups in total. The van der Waals surface area contributed by atoms with Crippen molar-refractivity contribution in [3.05, 3.63) is 70.8 Å². The minimum atomic E-state index is 0.127. The number of aromatic nitrogens is 3. The van der Waals surface area contributed by atoms with Crippen LogP contribution in [0.3, 0.4) is 0 Å². The summed E-state index contributed by atoms with van der Waals surface area (Å²) in [6.07, 6.45) is 6.08. The Labute approximate surface area is 223 Å². The fourth-order valence-corrected chi connectivity index (χ4v) is 5.42. The molecule has 2 aliphatic rings. The van der Waals surface area contributed by atoms with Gasteiger partial charge in [0.1, 0.15) is 0 Å². The van der Waals surface area contributed by atoms with E-state index < -0.39 is 0 Å². The van der Waals surface area contributed by atoms with Crippen molar-refractivity contribution in [3.63, 3.8) is 0 Å². The van der Waals surface area contributed by atoms with E-state index in [1.165, 1.54) is 33.4 Å². The first-order valence-corrected chi connectivity index (χ1v) is 12.9. The first-order valence-electron chi connectivity index (χ1n) is 12.9. The Morgan fingerprint density at radius 3 is 1.47 bits per heavy atom. The summed E-state index contributed by atoms with van der Waals surface area (Å²) in [6, 6.07) is 12.9. The molecule has 5 rings (SSSR count). The molecular weight excluding hydrogens is 474 g/mol. The second-order valence-corrected chi connectivity index (χ2v) is 10.1. The topological polar surface area (TPSA) is 137 Å². The van der Waals surface area contributed by atoms with Gasteiger partial charge in [-0.15, -0.1) is 10.2 Å². The molecule has 0 spiro atoms. The molecule has 38 heavy (non-hydrogen) atoms. The van der Waals surface area contributed by atoms with Crippen molar-refractivity contribution in [2.24, 2.45) is 18.5 Å². The van der Waals surface area contributed by atoms with E-state index in [1.54, 1.807) is 0 Å². The number of nitrogens with one attached hydrogen (secondary N) is 2. The number of nitrogens with two attached hydrogens (primary N) is 2. The van der Waals surface area contributed by atoms with Gasteiger partial charge in [0.25, 0.3) is 0 Å². The van der Waals surface area contributed by atoms with Crippen molar-refractivity contribution in [2.75, 3.05) is 26.2 Å². The summed E-state index contributed by atoms with van der Waals surface area (Å²) in [6.45, 7) is 7.14. The van der Waals surface area contributed by atoms with Crippen LogP contribution in [0.2, 0.25) is 0 Å². The van der Waals surface area contributed by atoms with Crippen molar-refractivity contribution in [2.45, 2.75) is 26.7 Å². The first-order chi connectivity index (χ1) is 18.2. The van der Waals surface area contributed by atoms with Gasteiger partial charge in [-0.05, 0) is 72.2 Å². The quantitative estimate of drug-likeness (QED) is 0.312. The summed E-state index contributed by atoms with van der Waals surface area (Å²) in [7, 11) is 2.01. The summed E-state index contributed by atoms with van der Waals surface area (Å²) in [5, 5.41) is 24.4. The molecule has 196 valence electrons. The van der Waals surface area contributed by atoms with Crippen LogP contribution < -0.4 is 11.5 Å². The molecule has 0 bridgehead atoms. The van der Waals surface area contributed by atoms with Crippen LogP contribution in [0.1, 0.15) is 35.1 Å². The lowest BCUT2D eigenvalue weighted by molar-refractivity contribution is 0.451. The molecular formula is C29H35N9. The number of benzene rings is 2. The average molecular weight is 510 g/mol. The van der Waals surface area contributed by atoms with E-state index in [-0.39, 0.29) is 11.9 Å². The predicted octanol–water partition coefficient (Wildman–Crippen LogP) is 3.73. The van der Waals surface area contributed by atoms with Crippen LogP contribution in [0.25, 0.3) is 33.9 Å². The van der Waals surface area contributed by atoms with Crippen LogP contribution >= 0.6 is 0 Å². The third-order valence-corrected chi connectivity index (χ3v) is 7.64.